The minimum absolute atomic E-state index is 0.0608. The van der Waals surface area contributed by atoms with Crippen LogP contribution in [0.25, 0.3) is 5.76 Å². The Labute approximate surface area is 250 Å². The first kappa shape index (κ1) is 27.8. The van der Waals surface area contributed by atoms with Gasteiger partial charge in [-0.05, 0) is 55.3 Å². The molecule has 4 aromatic rings. The first-order valence-corrected chi connectivity index (χ1v) is 15.2. The fourth-order valence-electron chi connectivity index (χ4n) is 4.82. The normalized spacial score (nSPS) is 17.5. The number of rotatable bonds is 8. The lowest BCUT2D eigenvalue weighted by molar-refractivity contribution is -0.132. The molecule has 2 aliphatic heterocycles. The van der Waals surface area contributed by atoms with E-state index in [4.69, 9.17) is 14.2 Å². The Balaban J connectivity index is 1.39. The number of hydrogen-bond acceptors (Lipinski definition) is 10. The van der Waals surface area contributed by atoms with Crippen molar-refractivity contribution in [2.45, 2.75) is 30.0 Å². The molecule has 0 unspecified atom stereocenters. The zero-order valence-corrected chi connectivity index (χ0v) is 24.5. The number of aliphatic hydroxyl groups excluding tert-OH is 1. The van der Waals surface area contributed by atoms with Crippen LogP contribution in [-0.2, 0) is 15.3 Å². The summed E-state index contributed by atoms with van der Waals surface area (Å²) in [5, 5.41) is 20.4. The average Bonchev–Trinajstić information content (AvgIpc) is 3.58. The molecule has 2 aliphatic rings. The predicted octanol–water partition coefficient (Wildman–Crippen LogP) is 5.94. The van der Waals surface area contributed by atoms with Gasteiger partial charge in [-0.1, -0.05) is 65.1 Å². The SMILES string of the molecule is CCOc1cccc([C@H]2/C(=C(\O)c3ccc4c(c3)OCCO4)C(=O)C(=O)N2c2nnc(SCc3ccc(C)cc3)s2)c1. The number of anilines is 1. The summed E-state index contributed by atoms with van der Waals surface area (Å²) >= 11 is 2.72. The Morgan fingerprint density at radius 3 is 2.62 bits per heavy atom. The van der Waals surface area contributed by atoms with Crippen LogP contribution in [-0.4, -0.2) is 46.8 Å². The smallest absolute Gasteiger partial charge is 0.301 e. The molecule has 0 bridgehead atoms. The van der Waals surface area contributed by atoms with Gasteiger partial charge in [-0.15, -0.1) is 10.2 Å². The van der Waals surface area contributed by atoms with Crippen LogP contribution in [0.5, 0.6) is 17.2 Å². The average molecular weight is 602 g/mol. The molecule has 1 N–H and O–H groups in total. The fourth-order valence-corrected chi connectivity index (χ4v) is 6.64. The summed E-state index contributed by atoms with van der Waals surface area (Å²) in [6, 6.07) is 19.3. The van der Waals surface area contributed by atoms with E-state index in [0.29, 0.717) is 58.3 Å². The van der Waals surface area contributed by atoms with Crippen molar-refractivity contribution in [3.63, 3.8) is 0 Å². The number of Topliss-reactive ketones (excluding diaryl/α,β-unsaturated/α-hetero) is 1. The molecule has 0 radical (unpaired) electrons. The second kappa shape index (κ2) is 11.9. The number of aryl methyl sites for hydroxylation is 1. The second-order valence-electron chi connectivity index (χ2n) is 9.66. The Kier molecular flexibility index (Phi) is 7.86. The summed E-state index contributed by atoms with van der Waals surface area (Å²) < 4.78 is 17.6. The monoisotopic (exact) mass is 601 g/mol. The van der Waals surface area contributed by atoms with Crippen molar-refractivity contribution in [3.05, 3.63) is 94.6 Å². The number of aliphatic hydroxyl groups is 1. The third-order valence-electron chi connectivity index (χ3n) is 6.83. The molecule has 11 heteroatoms. The summed E-state index contributed by atoms with van der Waals surface area (Å²) in [4.78, 5) is 28.5. The first-order chi connectivity index (χ1) is 20.4. The molecule has 214 valence electrons. The van der Waals surface area contributed by atoms with Crippen molar-refractivity contribution in [1.29, 1.82) is 0 Å². The molecule has 1 aromatic heterocycles. The number of thioether (sulfide) groups is 1. The molecule has 1 atom stereocenters. The number of hydrogen-bond donors (Lipinski definition) is 1. The van der Waals surface area contributed by atoms with Gasteiger partial charge in [0.15, 0.2) is 15.8 Å². The minimum atomic E-state index is -0.957. The molecule has 6 rings (SSSR count). The standard InChI is InChI=1S/C31H27N3O6S2/c1-3-38-22-6-4-5-20(15-22)26-25(27(35)21-11-12-23-24(16-21)40-14-13-39-23)28(36)29(37)34(26)30-32-33-31(42-30)41-17-19-9-7-18(2)8-10-19/h4-12,15-16,26,35H,3,13-14,17H2,1-2H3/b27-25+/t26-/m0/s1. The molecule has 1 saturated heterocycles. The quantitative estimate of drug-likeness (QED) is 0.0863. The van der Waals surface area contributed by atoms with Gasteiger partial charge < -0.3 is 19.3 Å². The number of aromatic nitrogens is 2. The summed E-state index contributed by atoms with van der Waals surface area (Å²) in [6.45, 7) is 5.15. The number of ether oxygens (including phenoxy) is 3. The zero-order chi connectivity index (χ0) is 29.2. The van der Waals surface area contributed by atoms with Crippen LogP contribution in [0.15, 0.2) is 76.6 Å². The van der Waals surface area contributed by atoms with Crippen LogP contribution in [0.1, 0.15) is 35.2 Å². The molecular formula is C31H27N3O6S2. The van der Waals surface area contributed by atoms with E-state index in [1.807, 2.05) is 13.8 Å². The molecule has 3 aromatic carbocycles. The maximum absolute atomic E-state index is 13.6. The van der Waals surface area contributed by atoms with Gasteiger partial charge in [0.05, 0.1) is 18.2 Å². The highest BCUT2D eigenvalue weighted by Crippen LogP contribution is 2.45. The third-order valence-corrected chi connectivity index (χ3v) is 8.96. The van der Waals surface area contributed by atoms with Crippen molar-refractivity contribution >= 4 is 45.7 Å². The van der Waals surface area contributed by atoms with Crippen molar-refractivity contribution in [2.24, 2.45) is 0 Å². The zero-order valence-electron chi connectivity index (χ0n) is 22.9. The van der Waals surface area contributed by atoms with Crippen LogP contribution < -0.4 is 19.1 Å². The number of benzene rings is 3. The summed E-state index contributed by atoms with van der Waals surface area (Å²) in [6.07, 6.45) is 0. The molecular weight excluding hydrogens is 574 g/mol. The van der Waals surface area contributed by atoms with Crippen molar-refractivity contribution in [2.75, 3.05) is 24.7 Å². The maximum Gasteiger partial charge on any atom is 0.301 e. The molecule has 42 heavy (non-hydrogen) atoms. The molecule has 0 spiro atoms. The second-order valence-corrected chi connectivity index (χ2v) is 11.8. The van der Waals surface area contributed by atoms with Crippen LogP contribution in [0.4, 0.5) is 5.13 Å². The van der Waals surface area contributed by atoms with Crippen molar-refractivity contribution in [1.82, 2.24) is 10.2 Å². The number of carbonyl (C=O) groups excluding carboxylic acids is 2. The van der Waals surface area contributed by atoms with Crippen molar-refractivity contribution < 1.29 is 28.9 Å². The molecule has 9 nitrogen and oxygen atoms in total. The van der Waals surface area contributed by atoms with E-state index in [9.17, 15) is 14.7 Å². The van der Waals surface area contributed by atoms with E-state index < -0.39 is 17.7 Å². The molecule has 3 heterocycles. The van der Waals surface area contributed by atoms with E-state index in [-0.39, 0.29) is 16.5 Å². The predicted molar refractivity (Wildman–Crippen MR) is 160 cm³/mol. The summed E-state index contributed by atoms with van der Waals surface area (Å²) in [5.74, 6) is 0.310. The van der Waals surface area contributed by atoms with E-state index in [1.54, 1.807) is 42.5 Å². The summed E-state index contributed by atoms with van der Waals surface area (Å²) in [5.41, 5.74) is 3.17. The topological polar surface area (TPSA) is 111 Å². The number of nitrogens with zero attached hydrogens (tertiary/aromatic N) is 3. The number of carbonyl (C=O) groups is 2. The molecule has 0 saturated carbocycles. The van der Waals surface area contributed by atoms with Gasteiger partial charge in [-0.2, -0.15) is 0 Å². The lowest BCUT2D eigenvalue weighted by Gasteiger charge is -2.23. The molecule has 1 amide bonds. The summed E-state index contributed by atoms with van der Waals surface area (Å²) in [7, 11) is 0. The van der Waals surface area contributed by atoms with Gasteiger partial charge in [-0.3, -0.25) is 14.5 Å². The minimum Gasteiger partial charge on any atom is -0.507 e. The van der Waals surface area contributed by atoms with Gasteiger partial charge >= 0.3 is 5.91 Å². The number of amides is 1. The van der Waals surface area contributed by atoms with Crippen LogP contribution in [0.2, 0.25) is 0 Å². The highest BCUT2D eigenvalue weighted by atomic mass is 32.2. The van der Waals surface area contributed by atoms with Crippen molar-refractivity contribution in [3.8, 4) is 17.2 Å². The Morgan fingerprint density at radius 2 is 1.83 bits per heavy atom. The third kappa shape index (κ3) is 5.45. The van der Waals surface area contributed by atoms with E-state index in [1.165, 1.54) is 33.6 Å². The molecule has 0 aliphatic carbocycles. The molecule has 1 fully saturated rings. The van der Waals surface area contributed by atoms with E-state index in [0.717, 1.165) is 5.56 Å². The van der Waals surface area contributed by atoms with E-state index in [2.05, 4.69) is 34.5 Å². The van der Waals surface area contributed by atoms with Gasteiger partial charge in [0.1, 0.15) is 24.7 Å². The van der Waals surface area contributed by atoms with Gasteiger partial charge in [0.25, 0.3) is 5.78 Å². The van der Waals surface area contributed by atoms with Gasteiger partial charge in [-0.25, -0.2) is 0 Å². The first-order valence-electron chi connectivity index (χ1n) is 13.4. The maximum atomic E-state index is 13.6. The number of ketones is 1. The lowest BCUT2D eigenvalue weighted by Crippen LogP contribution is -2.29. The van der Waals surface area contributed by atoms with Crippen LogP contribution >= 0.6 is 23.1 Å². The van der Waals surface area contributed by atoms with Gasteiger partial charge in [0.2, 0.25) is 5.13 Å². The van der Waals surface area contributed by atoms with Crippen LogP contribution in [0, 0.1) is 6.92 Å². The fraction of sp³-hybridized carbons (Fsp3) is 0.226. The Bertz CT molecular complexity index is 1680. The van der Waals surface area contributed by atoms with Crippen LogP contribution in [0.3, 0.4) is 0 Å². The van der Waals surface area contributed by atoms with Gasteiger partial charge in [0, 0.05) is 11.3 Å². The Hall–Kier alpha value is -4.35. The highest BCUT2D eigenvalue weighted by molar-refractivity contribution is 8.00. The highest BCUT2D eigenvalue weighted by Gasteiger charge is 2.48. The number of fused-ring (bicyclic) bond motifs is 1. The van der Waals surface area contributed by atoms with E-state index >= 15 is 0 Å². The largest absolute Gasteiger partial charge is 0.507 e. The lowest BCUT2D eigenvalue weighted by atomic mass is 9.95. The Morgan fingerprint density at radius 1 is 1.05 bits per heavy atom.